The second kappa shape index (κ2) is 9.84. The van der Waals surface area contributed by atoms with Gasteiger partial charge in [0.1, 0.15) is 11.5 Å². The van der Waals surface area contributed by atoms with Crippen LogP contribution in [0, 0.1) is 0 Å². The molecule has 0 amide bonds. The smallest absolute Gasteiger partial charge is 0.308 e. The van der Waals surface area contributed by atoms with Gasteiger partial charge in [0.15, 0.2) is 5.75 Å². The van der Waals surface area contributed by atoms with E-state index in [-0.39, 0.29) is 5.97 Å². The molecule has 37 heavy (non-hydrogen) atoms. The first-order valence-corrected chi connectivity index (χ1v) is 13.3. The Bertz CT molecular complexity index is 1640. The molecule has 0 radical (unpaired) electrons. The number of nitrogens with one attached hydrogen (secondary N) is 2. The monoisotopic (exact) mass is 568 g/mol. The van der Waals surface area contributed by atoms with Crippen LogP contribution >= 0.6 is 27.7 Å². The molecule has 0 bridgehead atoms. The van der Waals surface area contributed by atoms with Crippen molar-refractivity contribution in [2.24, 2.45) is 0 Å². The summed E-state index contributed by atoms with van der Waals surface area (Å²) in [4.78, 5) is 14.1. The molecule has 0 aliphatic carbocycles. The third kappa shape index (κ3) is 4.75. The van der Waals surface area contributed by atoms with Gasteiger partial charge in [-0.1, -0.05) is 70.2 Å². The van der Waals surface area contributed by atoms with Crippen LogP contribution in [0.2, 0.25) is 0 Å². The van der Waals surface area contributed by atoms with Crippen molar-refractivity contribution in [3.8, 4) is 17.2 Å². The topological polar surface area (TPSA) is 59.6 Å². The lowest BCUT2D eigenvalue weighted by molar-refractivity contribution is -0.131. The van der Waals surface area contributed by atoms with Crippen LogP contribution < -0.4 is 20.1 Å². The van der Waals surface area contributed by atoms with E-state index in [0.29, 0.717) is 5.75 Å². The summed E-state index contributed by atoms with van der Waals surface area (Å²) in [5, 5.41) is 8.96. The summed E-state index contributed by atoms with van der Waals surface area (Å²) in [6.45, 7) is 1.42. The van der Waals surface area contributed by atoms with E-state index in [4.69, 9.17) is 9.47 Å². The molecule has 0 saturated carbocycles. The number of halogens is 1. The molecule has 0 atom stereocenters. The van der Waals surface area contributed by atoms with Gasteiger partial charge in [-0.25, -0.2) is 0 Å². The maximum Gasteiger partial charge on any atom is 0.308 e. The molecule has 1 heterocycles. The third-order valence-electron chi connectivity index (χ3n) is 5.89. The second-order valence-corrected chi connectivity index (χ2v) is 10.4. The van der Waals surface area contributed by atoms with Crippen molar-refractivity contribution in [1.82, 2.24) is 0 Å². The number of anilines is 4. The Labute approximate surface area is 226 Å². The highest BCUT2D eigenvalue weighted by Gasteiger charge is 2.27. The Hall–Kier alpha value is -3.94. The zero-order chi connectivity index (χ0) is 25.4. The molecule has 0 fully saturated rings. The van der Waals surface area contributed by atoms with Gasteiger partial charge in [-0.3, -0.25) is 4.79 Å². The van der Waals surface area contributed by atoms with Gasteiger partial charge >= 0.3 is 5.97 Å². The van der Waals surface area contributed by atoms with Crippen LogP contribution in [0.5, 0.6) is 17.2 Å². The fourth-order valence-corrected chi connectivity index (χ4v) is 5.67. The second-order valence-electron chi connectivity index (χ2n) is 8.48. The predicted molar refractivity (Wildman–Crippen MR) is 153 cm³/mol. The number of benzene rings is 5. The molecule has 2 N–H and O–H groups in total. The first-order valence-electron chi connectivity index (χ1n) is 11.7. The molecule has 1 aliphatic heterocycles. The molecule has 0 aromatic heterocycles. The van der Waals surface area contributed by atoms with Gasteiger partial charge in [-0.15, -0.1) is 0 Å². The number of rotatable bonds is 5. The van der Waals surface area contributed by atoms with E-state index in [1.54, 1.807) is 11.8 Å². The van der Waals surface area contributed by atoms with Crippen LogP contribution in [0.3, 0.4) is 0 Å². The van der Waals surface area contributed by atoms with Gasteiger partial charge in [0, 0.05) is 32.8 Å². The Morgan fingerprint density at radius 2 is 1.59 bits per heavy atom. The maximum absolute atomic E-state index is 12.2. The minimum Gasteiger partial charge on any atom is -0.457 e. The number of ether oxygens (including phenoxy) is 2. The summed E-state index contributed by atoms with van der Waals surface area (Å²) in [6.07, 6.45) is 0. The van der Waals surface area contributed by atoms with Crippen molar-refractivity contribution in [3.63, 3.8) is 0 Å². The predicted octanol–water partition coefficient (Wildman–Crippen LogP) is 9.27. The normalized spacial score (nSPS) is 11.7. The summed E-state index contributed by atoms with van der Waals surface area (Å²) in [5.41, 5.74) is 3.55. The SMILES string of the molecule is CC(=O)Oc1c(Nc2ccc(Br)cc2)c2c(c3ccccc13)Nc1ccc(Oc3ccccc3)cc1S2. The van der Waals surface area contributed by atoms with E-state index >= 15 is 0 Å². The fraction of sp³-hybridized carbons (Fsp3) is 0.0333. The van der Waals surface area contributed by atoms with Crippen LogP contribution in [0.25, 0.3) is 10.8 Å². The first-order chi connectivity index (χ1) is 18.0. The molecule has 5 nitrogen and oxygen atoms in total. The largest absolute Gasteiger partial charge is 0.457 e. The standard InChI is InChI=1S/C30H21BrN2O3S/c1-18(34)35-29-24-10-6-5-9-23(24)27-30(28(29)32-20-13-11-19(31)12-14-20)37-26-17-22(15-16-25(26)33-27)36-21-7-3-2-4-8-21/h2-17,32-33H,1H3. The lowest BCUT2D eigenvalue weighted by Crippen LogP contribution is -2.09. The first kappa shape index (κ1) is 23.5. The van der Waals surface area contributed by atoms with Crippen LogP contribution in [-0.4, -0.2) is 5.97 Å². The van der Waals surface area contributed by atoms with Crippen LogP contribution in [-0.2, 0) is 4.79 Å². The van der Waals surface area contributed by atoms with Crippen molar-refractivity contribution in [2.45, 2.75) is 16.7 Å². The average molecular weight is 569 g/mol. The molecule has 6 rings (SSSR count). The zero-order valence-corrected chi connectivity index (χ0v) is 22.2. The molecule has 0 saturated heterocycles. The minimum absolute atomic E-state index is 0.378. The third-order valence-corrected chi connectivity index (χ3v) is 7.58. The van der Waals surface area contributed by atoms with Crippen molar-refractivity contribution < 1.29 is 14.3 Å². The van der Waals surface area contributed by atoms with Crippen molar-refractivity contribution in [3.05, 3.63) is 102 Å². The highest BCUT2D eigenvalue weighted by Crippen LogP contribution is 2.55. The van der Waals surface area contributed by atoms with Crippen molar-refractivity contribution >= 4 is 67.2 Å². The number of carbonyl (C=O) groups excluding carboxylic acids is 1. The number of fused-ring (bicyclic) bond motifs is 4. The van der Waals surface area contributed by atoms with Crippen molar-refractivity contribution in [2.75, 3.05) is 10.6 Å². The molecule has 0 unspecified atom stereocenters. The zero-order valence-electron chi connectivity index (χ0n) is 19.7. The highest BCUT2D eigenvalue weighted by atomic mass is 79.9. The molecule has 5 aromatic rings. The Kier molecular flexibility index (Phi) is 6.24. The lowest BCUT2D eigenvalue weighted by atomic mass is 10.0. The van der Waals surface area contributed by atoms with E-state index in [0.717, 1.165) is 59.3 Å². The minimum atomic E-state index is -0.378. The van der Waals surface area contributed by atoms with Crippen LogP contribution in [0.1, 0.15) is 6.92 Å². The Morgan fingerprint density at radius 1 is 0.865 bits per heavy atom. The quantitative estimate of drug-likeness (QED) is 0.159. The molecule has 0 spiro atoms. The number of esters is 1. The van der Waals surface area contributed by atoms with Gasteiger partial charge in [0.25, 0.3) is 0 Å². The highest BCUT2D eigenvalue weighted by molar-refractivity contribution is 9.10. The van der Waals surface area contributed by atoms with E-state index < -0.39 is 0 Å². The van der Waals surface area contributed by atoms with Gasteiger partial charge in [-0.2, -0.15) is 0 Å². The summed E-state index contributed by atoms with van der Waals surface area (Å²) < 4.78 is 12.9. The van der Waals surface area contributed by atoms with E-state index in [2.05, 4.69) is 26.6 Å². The molecular weight excluding hydrogens is 548 g/mol. The van der Waals surface area contributed by atoms with E-state index in [9.17, 15) is 4.79 Å². The molecule has 5 aromatic carbocycles. The molecule has 1 aliphatic rings. The number of hydrogen-bond donors (Lipinski definition) is 2. The summed E-state index contributed by atoms with van der Waals surface area (Å²) in [7, 11) is 0. The van der Waals surface area contributed by atoms with E-state index in [1.165, 1.54) is 6.92 Å². The van der Waals surface area contributed by atoms with E-state index in [1.807, 2.05) is 97.1 Å². The lowest BCUT2D eigenvalue weighted by Gasteiger charge is -2.27. The number of hydrogen-bond acceptors (Lipinski definition) is 6. The van der Waals surface area contributed by atoms with Crippen LogP contribution in [0.4, 0.5) is 22.7 Å². The van der Waals surface area contributed by atoms with Gasteiger partial charge in [-0.05, 0) is 54.6 Å². The molecule has 7 heteroatoms. The fourth-order valence-electron chi connectivity index (χ4n) is 4.27. The molecule has 182 valence electrons. The maximum atomic E-state index is 12.2. The average Bonchev–Trinajstić information content (AvgIpc) is 2.91. The summed E-state index contributed by atoms with van der Waals surface area (Å²) in [5.74, 6) is 1.64. The Morgan fingerprint density at radius 3 is 2.35 bits per heavy atom. The Balaban J connectivity index is 1.49. The van der Waals surface area contributed by atoms with Gasteiger partial charge in [0.2, 0.25) is 0 Å². The van der Waals surface area contributed by atoms with Gasteiger partial charge in [0.05, 0.1) is 22.0 Å². The van der Waals surface area contributed by atoms with Crippen molar-refractivity contribution in [1.29, 1.82) is 0 Å². The number of para-hydroxylation sites is 1. The molecular formula is C30H21BrN2O3S. The summed E-state index contributed by atoms with van der Waals surface area (Å²) in [6, 6.07) is 31.5. The summed E-state index contributed by atoms with van der Waals surface area (Å²) >= 11 is 5.10. The van der Waals surface area contributed by atoms with Crippen LogP contribution in [0.15, 0.2) is 111 Å². The number of carbonyl (C=O) groups is 1. The van der Waals surface area contributed by atoms with Gasteiger partial charge < -0.3 is 20.1 Å².